The highest BCUT2D eigenvalue weighted by Gasteiger charge is 2.29. The van der Waals surface area contributed by atoms with Crippen molar-refractivity contribution in [2.45, 2.75) is 32.4 Å². The quantitative estimate of drug-likeness (QED) is 0.200. The number of phenols is 1. The molecule has 36 heavy (non-hydrogen) atoms. The molecule has 2 rings (SSSR count). The maximum atomic E-state index is 12.7. The molecule has 0 fully saturated rings. The van der Waals surface area contributed by atoms with E-state index in [1.165, 1.54) is 30.3 Å². The predicted octanol–water partition coefficient (Wildman–Crippen LogP) is 3.66. The fourth-order valence-corrected chi connectivity index (χ4v) is 3.12. The zero-order valence-electron chi connectivity index (χ0n) is 18.8. The first kappa shape index (κ1) is 28.0. The summed E-state index contributed by atoms with van der Waals surface area (Å²) in [6, 6.07) is 6.31. The molecule has 0 bridgehead atoms. The molecule has 13 heteroatoms. The van der Waals surface area contributed by atoms with Crippen molar-refractivity contribution in [2.75, 3.05) is 18.5 Å². The van der Waals surface area contributed by atoms with Crippen LogP contribution in [0.2, 0.25) is 0 Å². The van der Waals surface area contributed by atoms with Gasteiger partial charge in [-0.15, -0.1) is 0 Å². The van der Waals surface area contributed by atoms with E-state index in [0.717, 1.165) is 6.92 Å². The molecule has 0 heterocycles. The Morgan fingerprint density at radius 2 is 1.61 bits per heavy atom. The van der Waals surface area contributed by atoms with Crippen molar-refractivity contribution in [3.05, 3.63) is 47.0 Å². The van der Waals surface area contributed by atoms with Crippen LogP contribution in [0.1, 0.15) is 46.0 Å². The van der Waals surface area contributed by atoms with E-state index in [0.29, 0.717) is 0 Å². The maximum absolute atomic E-state index is 12.7. The number of halogens is 3. The Morgan fingerprint density at radius 1 is 0.972 bits per heavy atom. The van der Waals surface area contributed by atoms with Gasteiger partial charge in [-0.25, -0.2) is 9.59 Å². The smallest absolute Gasteiger partial charge is 0.394 e. The number of alkyl halides is 3. The molecule has 0 spiro atoms. The van der Waals surface area contributed by atoms with E-state index in [2.05, 4.69) is 0 Å². The number of carbonyl (C=O) groups is 4. The van der Waals surface area contributed by atoms with Crippen LogP contribution in [-0.4, -0.2) is 58.3 Å². The Morgan fingerprint density at radius 3 is 2.17 bits per heavy atom. The molecule has 0 aromatic heterocycles. The molecule has 0 aliphatic rings. The number of aromatic carboxylic acids is 1. The summed E-state index contributed by atoms with van der Waals surface area (Å²) in [6.45, 7) is 0.940. The minimum absolute atomic E-state index is 0.0497. The lowest BCUT2D eigenvalue weighted by atomic mass is 10.0. The molecule has 4 N–H and O–H groups in total. The SMILES string of the molecule is CC(=O)c1ccc(OCCCOc2cccc(NC(=O)C(=O)O)c2C(=O)O)c(CCC(F)(F)F)c1O. The van der Waals surface area contributed by atoms with Crippen molar-refractivity contribution in [3.63, 3.8) is 0 Å². The normalized spacial score (nSPS) is 11.0. The van der Waals surface area contributed by atoms with Crippen LogP contribution >= 0.6 is 0 Å². The molecule has 0 aliphatic carbocycles. The molecule has 0 radical (unpaired) electrons. The van der Waals surface area contributed by atoms with E-state index < -0.39 is 54.0 Å². The van der Waals surface area contributed by atoms with Gasteiger partial charge in [0.2, 0.25) is 0 Å². The first-order chi connectivity index (χ1) is 16.8. The highest BCUT2D eigenvalue weighted by atomic mass is 19.4. The van der Waals surface area contributed by atoms with Gasteiger partial charge >= 0.3 is 24.0 Å². The summed E-state index contributed by atoms with van der Waals surface area (Å²) in [6.07, 6.45) is -6.23. The summed E-state index contributed by atoms with van der Waals surface area (Å²) in [4.78, 5) is 45.3. The fraction of sp³-hybridized carbons (Fsp3) is 0.304. The number of carboxylic acid groups (broad SMARTS) is 2. The monoisotopic (exact) mass is 513 g/mol. The van der Waals surface area contributed by atoms with Gasteiger partial charge < -0.3 is 30.1 Å². The van der Waals surface area contributed by atoms with Crippen LogP contribution in [0, 0.1) is 0 Å². The van der Waals surface area contributed by atoms with Crippen molar-refractivity contribution in [1.29, 1.82) is 0 Å². The number of phenolic OH excluding ortho intramolecular Hbond substituents is 1. The van der Waals surface area contributed by atoms with Crippen LogP contribution < -0.4 is 14.8 Å². The molecule has 0 unspecified atom stereocenters. The molecule has 2 aromatic carbocycles. The van der Waals surface area contributed by atoms with Crippen molar-refractivity contribution in [2.24, 2.45) is 0 Å². The molecule has 1 amide bonds. The number of hydrogen-bond donors (Lipinski definition) is 4. The molecule has 194 valence electrons. The van der Waals surface area contributed by atoms with Gasteiger partial charge in [-0.1, -0.05) is 6.07 Å². The van der Waals surface area contributed by atoms with Crippen molar-refractivity contribution in [3.8, 4) is 17.2 Å². The van der Waals surface area contributed by atoms with E-state index in [-0.39, 0.29) is 47.9 Å². The number of anilines is 1. The molecule has 10 nitrogen and oxygen atoms in total. The summed E-state index contributed by atoms with van der Waals surface area (Å²) >= 11 is 0. The number of ether oxygens (including phenoxy) is 2. The fourth-order valence-electron chi connectivity index (χ4n) is 3.12. The number of carboxylic acids is 2. The van der Waals surface area contributed by atoms with Gasteiger partial charge in [0.15, 0.2) is 5.78 Å². The lowest BCUT2D eigenvalue weighted by Crippen LogP contribution is -2.23. The molecule has 0 saturated carbocycles. The van der Waals surface area contributed by atoms with Crippen LogP contribution in [0.5, 0.6) is 17.2 Å². The number of rotatable bonds is 11. The number of hydrogen-bond acceptors (Lipinski definition) is 7. The summed E-state index contributed by atoms with van der Waals surface area (Å²) in [5.41, 5.74) is -1.08. The lowest BCUT2D eigenvalue weighted by molar-refractivity contribution is -0.147. The van der Waals surface area contributed by atoms with Gasteiger partial charge in [0.05, 0.1) is 24.5 Å². The third kappa shape index (κ3) is 7.61. The van der Waals surface area contributed by atoms with Gasteiger partial charge in [-0.3, -0.25) is 9.59 Å². The van der Waals surface area contributed by atoms with Crippen molar-refractivity contribution >= 4 is 29.3 Å². The third-order valence-corrected chi connectivity index (χ3v) is 4.76. The summed E-state index contributed by atoms with van der Waals surface area (Å²) in [5, 5.41) is 30.4. The summed E-state index contributed by atoms with van der Waals surface area (Å²) < 4.78 is 49.0. The first-order valence-corrected chi connectivity index (χ1v) is 10.4. The highest BCUT2D eigenvalue weighted by Crippen LogP contribution is 2.35. The summed E-state index contributed by atoms with van der Waals surface area (Å²) in [7, 11) is 0. The zero-order chi connectivity index (χ0) is 27.0. The molecule has 0 saturated heterocycles. The molecule has 0 atom stereocenters. The molecule has 0 aliphatic heterocycles. The Balaban J connectivity index is 2.08. The topological polar surface area (TPSA) is 159 Å². The first-order valence-electron chi connectivity index (χ1n) is 10.4. The third-order valence-electron chi connectivity index (χ3n) is 4.76. The van der Waals surface area contributed by atoms with E-state index in [4.69, 9.17) is 14.6 Å². The van der Waals surface area contributed by atoms with Crippen LogP contribution in [0.25, 0.3) is 0 Å². The second-order valence-electron chi connectivity index (χ2n) is 7.40. The van der Waals surface area contributed by atoms with E-state index >= 15 is 0 Å². The maximum Gasteiger partial charge on any atom is 0.394 e. The number of amides is 1. The van der Waals surface area contributed by atoms with Crippen LogP contribution in [0.15, 0.2) is 30.3 Å². The number of aliphatic carboxylic acids is 1. The van der Waals surface area contributed by atoms with Gasteiger partial charge in [-0.2, -0.15) is 13.2 Å². The number of nitrogens with one attached hydrogen (secondary N) is 1. The molecular weight excluding hydrogens is 491 g/mol. The number of benzene rings is 2. The van der Waals surface area contributed by atoms with Crippen LogP contribution in [-0.2, 0) is 16.0 Å². The highest BCUT2D eigenvalue weighted by molar-refractivity contribution is 6.36. The lowest BCUT2D eigenvalue weighted by Gasteiger charge is -2.16. The van der Waals surface area contributed by atoms with E-state index in [1.54, 1.807) is 0 Å². The predicted molar refractivity (Wildman–Crippen MR) is 118 cm³/mol. The average Bonchev–Trinajstić information content (AvgIpc) is 2.77. The van der Waals surface area contributed by atoms with Gasteiger partial charge in [0, 0.05) is 18.4 Å². The van der Waals surface area contributed by atoms with Crippen molar-refractivity contribution in [1.82, 2.24) is 0 Å². The number of Topliss-reactive ketones (excluding diaryl/α,β-unsaturated/α-hetero) is 1. The van der Waals surface area contributed by atoms with Crippen LogP contribution in [0.3, 0.4) is 0 Å². The largest absolute Gasteiger partial charge is 0.507 e. The Bertz CT molecular complexity index is 1160. The Kier molecular flexibility index (Phi) is 9.25. The Hall–Kier alpha value is -4.29. The molecule has 2 aromatic rings. The number of carbonyl (C=O) groups excluding carboxylic acids is 2. The minimum Gasteiger partial charge on any atom is -0.507 e. The summed E-state index contributed by atoms with van der Waals surface area (Å²) in [5.74, 6) is -6.08. The average molecular weight is 513 g/mol. The number of aromatic hydroxyl groups is 1. The minimum atomic E-state index is -4.50. The number of ketones is 1. The molecular formula is C23H22F3NO9. The van der Waals surface area contributed by atoms with E-state index in [1.807, 2.05) is 5.32 Å². The standard InChI is InChI=1S/C23H22F3NO9/c1-12(28)13-6-7-16(14(19(13)29)8-9-23(24,25)26)35-10-3-11-36-17-5-2-4-15(18(17)21(31)32)27-20(30)22(33)34/h2,4-7,29H,3,8-11H2,1H3,(H,27,30)(H,31,32)(H,33,34). The Labute approximate surface area is 202 Å². The van der Waals surface area contributed by atoms with Crippen molar-refractivity contribution < 1.29 is 57.1 Å². The zero-order valence-corrected chi connectivity index (χ0v) is 18.8. The van der Waals surface area contributed by atoms with E-state index in [9.17, 15) is 42.6 Å². The second-order valence-corrected chi connectivity index (χ2v) is 7.40. The van der Waals surface area contributed by atoms with Gasteiger partial charge in [0.1, 0.15) is 22.8 Å². The van der Waals surface area contributed by atoms with Gasteiger partial charge in [0.25, 0.3) is 0 Å². The second kappa shape index (κ2) is 11.9. The van der Waals surface area contributed by atoms with Gasteiger partial charge in [-0.05, 0) is 37.6 Å². The van der Waals surface area contributed by atoms with Crippen LogP contribution in [0.4, 0.5) is 18.9 Å².